The van der Waals surface area contributed by atoms with Crippen LogP contribution in [-0.4, -0.2) is 12.2 Å². The zero-order chi connectivity index (χ0) is 15.0. The molecule has 0 radical (unpaired) electrons. The van der Waals surface area contributed by atoms with E-state index in [1.54, 1.807) is 0 Å². The van der Waals surface area contributed by atoms with Gasteiger partial charge in [-0.25, -0.2) is 0 Å². The molecule has 2 atom stereocenters. The highest BCUT2D eigenvalue weighted by Crippen LogP contribution is 2.40. The van der Waals surface area contributed by atoms with E-state index in [0.717, 1.165) is 6.42 Å². The molecule has 0 saturated heterocycles. The summed E-state index contributed by atoms with van der Waals surface area (Å²) in [6.07, 6.45) is -1.54. The normalized spacial score (nSPS) is 33.0. The Hall–Kier alpha value is -1.07. The minimum atomic E-state index is -4.03. The van der Waals surface area contributed by atoms with Gasteiger partial charge < -0.3 is 11.1 Å². The van der Waals surface area contributed by atoms with Crippen molar-refractivity contribution in [3.8, 4) is 0 Å². The van der Waals surface area contributed by atoms with Crippen LogP contribution < -0.4 is 11.1 Å². The van der Waals surface area contributed by atoms with Gasteiger partial charge in [0.2, 0.25) is 0 Å². The van der Waals surface area contributed by atoms with Crippen molar-refractivity contribution in [2.24, 2.45) is 11.7 Å². The highest BCUT2D eigenvalue weighted by Gasteiger charge is 2.42. The second kappa shape index (κ2) is 5.61. The zero-order valence-corrected chi connectivity index (χ0v) is 11.9. The molecule has 116 valence electrons. The molecule has 2 aliphatic rings. The second-order valence-corrected chi connectivity index (χ2v) is 6.28. The van der Waals surface area contributed by atoms with E-state index in [4.69, 9.17) is 5.73 Å². The lowest BCUT2D eigenvalue weighted by Crippen LogP contribution is -2.38. The molecule has 1 fully saturated rings. The van der Waals surface area contributed by atoms with Gasteiger partial charge >= 0.3 is 6.18 Å². The lowest BCUT2D eigenvalue weighted by Gasteiger charge is -2.32. The van der Waals surface area contributed by atoms with E-state index in [-0.39, 0.29) is 31.0 Å². The van der Waals surface area contributed by atoms with Crippen molar-refractivity contribution in [2.75, 3.05) is 0 Å². The Kier molecular flexibility index (Phi) is 3.97. The van der Waals surface area contributed by atoms with Crippen LogP contribution in [0.3, 0.4) is 0 Å². The smallest absolute Gasteiger partial charge is 0.324 e. The molecule has 3 rings (SSSR count). The summed E-state index contributed by atoms with van der Waals surface area (Å²) in [5.74, 6) is -1.12. The molecule has 3 N–H and O–H groups in total. The highest BCUT2D eigenvalue weighted by molar-refractivity contribution is 5.37. The standard InChI is InChI=1S/C16H21F3N2/c17-16(18,19)10-5-7-11(8-6-10)21-15-9-14(20)12-3-1-2-4-13(12)15/h1-4,10-11,14-15,21H,5-9,20H2. The van der Waals surface area contributed by atoms with Gasteiger partial charge in [-0.1, -0.05) is 24.3 Å². The molecule has 21 heavy (non-hydrogen) atoms. The van der Waals surface area contributed by atoms with Gasteiger partial charge in [0.1, 0.15) is 0 Å². The summed E-state index contributed by atoms with van der Waals surface area (Å²) < 4.78 is 38.1. The third-order valence-electron chi connectivity index (χ3n) is 4.89. The van der Waals surface area contributed by atoms with Gasteiger partial charge in [0, 0.05) is 18.1 Å². The third-order valence-corrected chi connectivity index (χ3v) is 4.89. The Morgan fingerprint density at radius 1 is 1.00 bits per heavy atom. The zero-order valence-electron chi connectivity index (χ0n) is 11.9. The molecule has 0 heterocycles. The van der Waals surface area contributed by atoms with Crippen molar-refractivity contribution in [1.82, 2.24) is 5.32 Å². The largest absolute Gasteiger partial charge is 0.391 e. The molecular weight excluding hydrogens is 277 g/mol. The predicted molar refractivity (Wildman–Crippen MR) is 75.7 cm³/mol. The van der Waals surface area contributed by atoms with Crippen LogP contribution in [0.15, 0.2) is 24.3 Å². The van der Waals surface area contributed by atoms with E-state index < -0.39 is 12.1 Å². The summed E-state index contributed by atoms with van der Waals surface area (Å²) in [5, 5.41) is 3.53. The van der Waals surface area contributed by atoms with E-state index in [2.05, 4.69) is 11.4 Å². The average molecular weight is 298 g/mol. The number of halogens is 3. The number of rotatable bonds is 2. The number of fused-ring (bicyclic) bond motifs is 1. The first kappa shape index (κ1) is 14.9. The molecule has 0 bridgehead atoms. The van der Waals surface area contributed by atoms with Gasteiger partial charge in [0.15, 0.2) is 0 Å². The lowest BCUT2D eigenvalue weighted by atomic mass is 9.85. The molecule has 0 aliphatic heterocycles. The van der Waals surface area contributed by atoms with Crippen molar-refractivity contribution < 1.29 is 13.2 Å². The quantitative estimate of drug-likeness (QED) is 0.870. The summed E-state index contributed by atoms with van der Waals surface area (Å²) in [7, 11) is 0. The molecule has 2 aliphatic carbocycles. The molecule has 2 nitrogen and oxygen atoms in total. The van der Waals surface area contributed by atoms with Crippen LogP contribution in [0.2, 0.25) is 0 Å². The van der Waals surface area contributed by atoms with Crippen molar-refractivity contribution in [3.63, 3.8) is 0 Å². The Morgan fingerprint density at radius 2 is 1.62 bits per heavy atom. The predicted octanol–water partition coefficient (Wildman–Crippen LogP) is 3.84. The van der Waals surface area contributed by atoms with Crippen LogP contribution in [-0.2, 0) is 0 Å². The van der Waals surface area contributed by atoms with Crippen LogP contribution in [0.1, 0.15) is 55.3 Å². The SMILES string of the molecule is NC1CC(NC2CCC(C(F)(F)F)CC2)c2ccccc21. The summed E-state index contributed by atoms with van der Waals surface area (Å²) in [5.41, 5.74) is 8.51. The van der Waals surface area contributed by atoms with Crippen molar-refractivity contribution in [3.05, 3.63) is 35.4 Å². The van der Waals surface area contributed by atoms with Gasteiger partial charge in [-0.2, -0.15) is 13.2 Å². The van der Waals surface area contributed by atoms with E-state index in [1.165, 1.54) is 11.1 Å². The molecule has 0 spiro atoms. The fourth-order valence-corrected chi connectivity index (χ4v) is 3.70. The number of hydrogen-bond acceptors (Lipinski definition) is 2. The minimum absolute atomic E-state index is 0.0326. The number of benzene rings is 1. The van der Waals surface area contributed by atoms with Crippen LogP contribution in [0.5, 0.6) is 0 Å². The lowest BCUT2D eigenvalue weighted by molar-refractivity contribution is -0.182. The average Bonchev–Trinajstić information content (AvgIpc) is 2.76. The molecular formula is C16H21F3N2. The van der Waals surface area contributed by atoms with Crippen molar-refractivity contribution >= 4 is 0 Å². The fourth-order valence-electron chi connectivity index (χ4n) is 3.70. The highest BCUT2D eigenvalue weighted by atomic mass is 19.4. The van der Waals surface area contributed by atoms with Crippen LogP contribution in [0.25, 0.3) is 0 Å². The Morgan fingerprint density at radius 3 is 2.24 bits per heavy atom. The summed E-state index contributed by atoms with van der Waals surface area (Å²) >= 11 is 0. The molecule has 1 aromatic carbocycles. The first-order valence-corrected chi connectivity index (χ1v) is 7.62. The fraction of sp³-hybridized carbons (Fsp3) is 0.625. The van der Waals surface area contributed by atoms with Crippen molar-refractivity contribution in [2.45, 2.75) is 56.4 Å². The minimum Gasteiger partial charge on any atom is -0.324 e. The number of alkyl halides is 3. The molecule has 1 aromatic rings. The van der Waals surface area contributed by atoms with Gasteiger partial charge in [-0.15, -0.1) is 0 Å². The maximum Gasteiger partial charge on any atom is 0.391 e. The molecule has 5 heteroatoms. The van der Waals surface area contributed by atoms with E-state index in [1.807, 2.05) is 18.2 Å². The van der Waals surface area contributed by atoms with Gasteiger partial charge in [-0.3, -0.25) is 0 Å². The Bertz CT molecular complexity index is 493. The molecule has 1 saturated carbocycles. The Balaban J connectivity index is 1.60. The van der Waals surface area contributed by atoms with Gasteiger partial charge in [-0.05, 0) is 43.2 Å². The number of nitrogens with two attached hydrogens (primary N) is 1. The first-order chi connectivity index (χ1) is 9.95. The van der Waals surface area contributed by atoms with Gasteiger partial charge in [0.25, 0.3) is 0 Å². The monoisotopic (exact) mass is 298 g/mol. The third kappa shape index (κ3) is 3.09. The first-order valence-electron chi connectivity index (χ1n) is 7.62. The van der Waals surface area contributed by atoms with Crippen molar-refractivity contribution in [1.29, 1.82) is 0 Å². The summed E-state index contributed by atoms with van der Waals surface area (Å²) in [6.45, 7) is 0. The van der Waals surface area contributed by atoms with Crippen LogP contribution >= 0.6 is 0 Å². The summed E-state index contributed by atoms with van der Waals surface area (Å²) in [4.78, 5) is 0. The molecule has 0 amide bonds. The second-order valence-electron chi connectivity index (χ2n) is 6.28. The van der Waals surface area contributed by atoms with Crippen LogP contribution in [0.4, 0.5) is 13.2 Å². The molecule has 2 unspecified atom stereocenters. The van der Waals surface area contributed by atoms with E-state index >= 15 is 0 Å². The maximum atomic E-state index is 12.7. The summed E-state index contributed by atoms with van der Waals surface area (Å²) in [6, 6.07) is 8.48. The number of nitrogens with one attached hydrogen (secondary N) is 1. The Labute approximate surface area is 122 Å². The topological polar surface area (TPSA) is 38.0 Å². The van der Waals surface area contributed by atoms with Crippen LogP contribution in [0, 0.1) is 5.92 Å². The number of hydrogen-bond donors (Lipinski definition) is 2. The van der Waals surface area contributed by atoms with E-state index in [9.17, 15) is 13.2 Å². The molecule has 0 aromatic heterocycles. The van der Waals surface area contributed by atoms with Gasteiger partial charge in [0.05, 0.1) is 5.92 Å². The maximum absolute atomic E-state index is 12.7. The van der Waals surface area contributed by atoms with E-state index in [0.29, 0.717) is 12.8 Å².